The number of hydrogen-bond acceptors (Lipinski definition) is 10. The molecular formula is C24H24N4O8. The molecule has 0 fully saturated rings. The largest absolute Gasteiger partial charge is 0.465 e. The smallest absolute Gasteiger partial charge is 0.340 e. The van der Waals surface area contributed by atoms with E-state index in [9.17, 15) is 28.8 Å². The molecule has 0 radical (unpaired) electrons. The van der Waals surface area contributed by atoms with Crippen molar-refractivity contribution in [3.05, 3.63) is 53.6 Å². The molecule has 2 aromatic rings. The molecule has 0 saturated heterocycles. The fourth-order valence-corrected chi connectivity index (χ4v) is 2.83. The first-order valence-corrected chi connectivity index (χ1v) is 10.4. The van der Waals surface area contributed by atoms with Gasteiger partial charge in [-0.3, -0.25) is 24.6 Å². The molecule has 0 spiro atoms. The van der Waals surface area contributed by atoms with Gasteiger partial charge in [0.05, 0.1) is 37.5 Å². The summed E-state index contributed by atoms with van der Waals surface area (Å²) in [6.45, 7) is 2.42. The number of nitrogens with one attached hydrogen (secondary N) is 3. The second-order valence-electron chi connectivity index (χ2n) is 7.33. The van der Waals surface area contributed by atoms with E-state index >= 15 is 0 Å². The lowest BCUT2D eigenvalue weighted by Crippen LogP contribution is -2.29. The number of nitrogens with zero attached hydrogens (tertiary/aromatic N) is 1. The van der Waals surface area contributed by atoms with Crippen LogP contribution in [0.3, 0.4) is 0 Å². The summed E-state index contributed by atoms with van der Waals surface area (Å²) >= 11 is 0. The van der Waals surface area contributed by atoms with E-state index in [0.717, 1.165) is 14.0 Å². The van der Waals surface area contributed by atoms with Gasteiger partial charge in [0.15, 0.2) is 11.5 Å². The van der Waals surface area contributed by atoms with Crippen molar-refractivity contribution in [2.75, 3.05) is 30.3 Å². The minimum absolute atomic E-state index is 0.000350. The predicted molar refractivity (Wildman–Crippen MR) is 130 cm³/mol. The third-order valence-electron chi connectivity index (χ3n) is 4.52. The van der Waals surface area contributed by atoms with Crippen molar-refractivity contribution in [1.29, 1.82) is 0 Å². The molecule has 0 unspecified atom stereocenters. The predicted octanol–water partition coefficient (Wildman–Crippen LogP) is 2.17. The Balaban J connectivity index is 2.23. The Hall–Kier alpha value is -4.87. The number of ether oxygens (including phenoxy) is 2. The van der Waals surface area contributed by atoms with Crippen LogP contribution in [0.5, 0.6) is 0 Å². The summed E-state index contributed by atoms with van der Waals surface area (Å²) in [7, 11) is 2.35. The van der Waals surface area contributed by atoms with Gasteiger partial charge in [-0.15, -0.1) is 0 Å². The molecule has 36 heavy (non-hydrogen) atoms. The maximum absolute atomic E-state index is 12.7. The van der Waals surface area contributed by atoms with Gasteiger partial charge < -0.3 is 20.1 Å². The first-order valence-electron chi connectivity index (χ1n) is 10.4. The number of anilines is 3. The molecule has 0 aliphatic carbocycles. The highest BCUT2D eigenvalue weighted by atomic mass is 16.5. The molecule has 0 bridgehead atoms. The van der Waals surface area contributed by atoms with E-state index in [2.05, 4.69) is 25.9 Å². The van der Waals surface area contributed by atoms with E-state index in [1.807, 2.05) is 0 Å². The molecule has 0 aliphatic rings. The second-order valence-corrected chi connectivity index (χ2v) is 7.33. The SMILES string of the molecule is COC(=O)c1ccc(C(=O)OC)c(N/N=C(/C(C)=O)C(=O)Nc2ccc(NC(=O)CC(C)=O)cc2)c1. The van der Waals surface area contributed by atoms with Crippen molar-refractivity contribution in [2.24, 2.45) is 5.10 Å². The van der Waals surface area contributed by atoms with Gasteiger partial charge in [0.2, 0.25) is 5.91 Å². The van der Waals surface area contributed by atoms with Gasteiger partial charge in [0, 0.05) is 18.3 Å². The van der Waals surface area contributed by atoms with Gasteiger partial charge in [0.25, 0.3) is 5.91 Å². The minimum atomic E-state index is -0.855. The molecule has 0 heterocycles. The Kier molecular flexibility index (Phi) is 9.55. The maximum atomic E-state index is 12.7. The van der Waals surface area contributed by atoms with Crippen LogP contribution < -0.4 is 16.1 Å². The number of hydrogen-bond donors (Lipinski definition) is 3. The van der Waals surface area contributed by atoms with Crippen molar-refractivity contribution >= 4 is 58.1 Å². The van der Waals surface area contributed by atoms with E-state index in [0.29, 0.717) is 11.4 Å². The molecule has 12 heteroatoms. The first kappa shape index (κ1) is 27.4. The Morgan fingerprint density at radius 2 is 1.39 bits per heavy atom. The number of hydrazone groups is 1. The summed E-state index contributed by atoms with van der Waals surface area (Å²) in [5, 5.41) is 8.87. The third kappa shape index (κ3) is 7.58. The van der Waals surface area contributed by atoms with Crippen LogP contribution in [-0.2, 0) is 28.7 Å². The van der Waals surface area contributed by atoms with Gasteiger partial charge in [-0.2, -0.15) is 5.10 Å². The Labute approximate surface area is 206 Å². The quantitative estimate of drug-likeness (QED) is 0.193. The van der Waals surface area contributed by atoms with E-state index in [4.69, 9.17) is 4.74 Å². The van der Waals surface area contributed by atoms with Crippen LogP contribution in [0.4, 0.5) is 17.1 Å². The minimum Gasteiger partial charge on any atom is -0.465 e. The van der Waals surface area contributed by atoms with Gasteiger partial charge in [-0.1, -0.05) is 0 Å². The lowest BCUT2D eigenvalue weighted by Gasteiger charge is -2.11. The zero-order valence-corrected chi connectivity index (χ0v) is 20.0. The monoisotopic (exact) mass is 496 g/mol. The Morgan fingerprint density at radius 3 is 1.92 bits per heavy atom. The van der Waals surface area contributed by atoms with Gasteiger partial charge in [-0.05, 0) is 49.4 Å². The molecule has 0 saturated carbocycles. The number of methoxy groups -OCH3 is 2. The molecule has 3 N–H and O–H groups in total. The van der Waals surface area contributed by atoms with Gasteiger partial charge in [0.1, 0.15) is 5.78 Å². The maximum Gasteiger partial charge on any atom is 0.340 e. The number of Topliss-reactive ketones (excluding diaryl/α,β-unsaturated/α-hetero) is 2. The zero-order valence-electron chi connectivity index (χ0n) is 20.0. The van der Waals surface area contributed by atoms with Crippen molar-refractivity contribution in [1.82, 2.24) is 0 Å². The van der Waals surface area contributed by atoms with Crippen LogP contribution in [-0.4, -0.2) is 55.3 Å². The highest BCUT2D eigenvalue weighted by Gasteiger charge is 2.20. The van der Waals surface area contributed by atoms with Crippen LogP contribution in [0.2, 0.25) is 0 Å². The molecular weight excluding hydrogens is 472 g/mol. The number of benzene rings is 2. The molecule has 2 amide bonds. The van der Waals surface area contributed by atoms with E-state index < -0.39 is 35.2 Å². The summed E-state index contributed by atoms with van der Waals surface area (Å²) in [5.41, 5.74) is 2.73. The molecule has 0 atom stereocenters. The third-order valence-corrected chi connectivity index (χ3v) is 4.52. The normalized spacial score (nSPS) is 10.6. The lowest BCUT2D eigenvalue weighted by molar-refractivity contribution is -0.124. The fourth-order valence-electron chi connectivity index (χ4n) is 2.83. The van der Waals surface area contributed by atoms with Crippen LogP contribution in [0.15, 0.2) is 47.6 Å². The number of carbonyl (C=O) groups excluding carboxylic acids is 6. The number of carbonyl (C=O) groups is 6. The topological polar surface area (TPSA) is 169 Å². The summed E-state index contributed by atoms with van der Waals surface area (Å²) in [4.78, 5) is 71.4. The van der Waals surface area contributed by atoms with Crippen molar-refractivity contribution < 1.29 is 38.2 Å². The average molecular weight is 496 g/mol. The number of esters is 2. The average Bonchev–Trinajstić information content (AvgIpc) is 2.83. The zero-order chi connectivity index (χ0) is 26.8. The van der Waals surface area contributed by atoms with Crippen LogP contribution in [0.25, 0.3) is 0 Å². The molecule has 2 rings (SSSR count). The second kappa shape index (κ2) is 12.6. The van der Waals surface area contributed by atoms with E-state index in [1.54, 1.807) is 0 Å². The van der Waals surface area contributed by atoms with Crippen LogP contribution in [0, 0.1) is 0 Å². The van der Waals surface area contributed by atoms with Gasteiger partial charge in [-0.25, -0.2) is 9.59 Å². The summed E-state index contributed by atoms with van der Waals surface area (Å²) in [5.74, 6) is -3.71. The molecule has 12 nitrogen and oxygen atoms in total. The summed E-state index contributed by atoms with van der Waals surface area (Å²) < 4.78 is 9.36. The van der Waals surface area contributed by atoms with E-state index in [1.165, 1.54) is 56.5 Å². The van der Waals surface area contributed by atoms with Crippen molar-refractivity contribution in [3.63, 3.8) is 0 Å². The van der Waals surface area contributed by atoms with Crippen molar-refractivity contribution in [2.45, 2.75) is 20.3 Å². The van der Waals surface area contributed by atoms with Crippen LogP contribution in [0.1, 0.15) is 41.0 Å². The molecule has 2 aromatic carbocycles. The highest BCUT2D eigenvalue weighted by Crippen LogP contribution is 2.20. The van der Waals surface area contributed by atoms with E-state index in [-0.39, 0.29) is 29.0 Å². The van der Waals surface area contributed by atoms with Crippen LogP contribution >= 0.6 is 0 Å². The first-order chi connectivity index (χ1) is 17.0. The summed E-state index contributed by atoms with van der Waals surface area (Å²) in [6, 6.07) is 9.85. The Bertz CT molecular complexity index is 1240. The van der Waals surface area contributed by atoms with Gasteiger partial charge >= 0.3 is 11.9 Å². The standard InChI is InChI=1S/C24H24N4O8/c1-13(29)11-20(31)25-16-6-8-17(9-7-16)26-22(32)21(14(2)30)28-27-19-12-15(23(33)35-3)5-10-18(19)24(34)36-4/h5-10,12,27H,11H2,1-4H3,(H,25,31)(H,26,32)/b28-21-. The number of amides is 2. The number of ketones is 2. The number of rotatable bonds is 10. The Morgan fingerprint density at radius 1 is 0.806 bits per heavy atom. The molecule has 188 valence electrons. The lowest BCUT2D eigenvalue weighted by atomic mass is 10.1. The summed E-state index contributed by atoms with van der Waals surface area (Å²) in [6.07, 6.45) is -0.260. The molecule has 0 aliphatic heterocycles. The fraction of sp³-hybridized carbons (Fsp3) is 0.208. The molecule has 0 aromatic heterocycles. The highest BCUT2D eigenvalue weighted by molar-refractivity contribution is 6.67. The van der Waals surface area contributed by atoms with Crippen molar-refractivity contribution in [3.8, 4) is 0 Å².